The fraction of sp³-hybridized carbons (Fsp3) is 0.130. The van der Waals surface area contributed by atoms with Gasteiger partial charge in [0.25, 0.3) is 0 Å². The summed E-state index contributed by atoms with van der Waals surface area (Å²) >= 11 is 6.33. The highest BCUT2D eigenvalue weighted by Gasteiger charge is 2.17. The van der Waals surface area contributed by atoms with E-state index < -0.39 is 5.97 Å². The third kappa shape index (κ3) is 3.69. The van der Waals surface area contributed by atoms with Crippen LogP contribution < -0.4 is 4.74 Å². The first-order valence-electron chi connectivity index (χ1n) is 9.08. The number of rotatable bonds is 5. The van der Waals surface area contributed by atoms with Gasteiger partial charge in [0.1, 0.15) is 11.4 Å². The summed E-state index contributed by atoms with van der Waals surface area (Å²) in [4.78, 5) is 19.8. The molecule has 5 nitrogen and oxygen atoms in total. The molecule has 2 heterocycles. The van der Waals surface area contributed by atoms with E-state index in [1.54, 1.807) is 13.2 Å². The number of aromatic amines is 1. The number of H-pyrrole nitrogens is 1. The van der Waals surface area contributed by atoms with Gasteiger partial charge >= 0.3 is 5.97 Å². The first kappa shape index (κ1) is 19.0. The smallest absolute Gasteiger partial charge is 0.356 e. The van der Waals surface area contributed by atoms with Gasteiger partial charge in [0.05, 0.1) is 24.9 Å². The van der Waals surface area contributed by atoms with Crippen molar-refractivity contribution in [3.05, 3.63) is 82.6 Å². The molecule has 146 valence electrons. The normalized spacial score (nSPS) is 10.9. The second kappa shape index (κ2) is 7.97. The lowest BCUT2D eigenvalue weighted by atomic mass is 10.0. The summed E-state index contributed by atoms with van der Waals surface area (Å²) in [6.07, 6.45) is 0.528. The van der Waals surface area contributed by atoms with Gasteiger partial charge in [-0.25, -0.2) is 9.78 Å². The highest BCUT2D eigenvalue weighted by molar-refractivity contribution is 6.32. The van der Waals surface area contributed by atoms with Gasteiger partial charge in [-0.3, -0.25) is 0 Å². The molecule has 6 heteroatoms. The van der Waals surface area contributed by atoms with Gasteiger partial charge in [-0.2, -0.15) is 0 Å². The molecular weight excluding hydrogens is 388 g/mol. The number of fused-ring (bicyclic) bond motifs is 1. The number of benzene rings is 2. The van der Waals surface area contributed by atoms with Crippen LogP contribution in [0.4, 0.5) is 0 Å². The van der Waals surface area contributed by atoms with Crippen molar-refractivity contribution < 1.29 is 14.3 Å². The Balaban J connectivity index is 1.88. The highest BCUT2D eigenvalue weighted by Crippen LogP contribution is 2.37. The average molecular weight is 407 g/mol. The largest absolute Gasteiger partial charge is 0.495 e. The van der Waals surface area contributed by atoms with E-state index in [1.807, 2.05) is 54.6 Å². The summed E-state index contributed by atoms with van der Waals surface area (Å²) in [7, 11) is 2.94. The molecule has 2 aromatic heterocycles. The Morgan fingerprint density at radius 1 is 1.07 bits per heavy atom. The zero-order valence-electron chi connectivity index (χ0n) is 16.0. The van der Waals surface area contributed by atoms with Crippen LogP contribution in [-0.2, 0) is 11.2 Å². The number of aromatic nitrogens is 2. The Hall–Kier alpha value is -3.31. The molecule has 1 N–H and O–H groups in total. The summed E-state index contributed by atoms with van der Waals surface area (Å²) in [5.41, 5.74) is 5.05. The van der Waals surface area contributed by atoms with Crippen LogP contribution in [-0.4, -0.2) is 30.2 Å². The van der Waals surface area contributed by atoms with Crippen molar-refractivity contribution in [3.8, 4) is 17.0 Å². The predicted octanol–water partition coefficient (Wildman–Crippen LogP) is 5.27. The number of carbonyl (C=O) groups excluding carboxylic acids is 1. The Labute approximate surface area is 173 Å². The molecule has 0 aliphatic heterocycles. The summed E-state index contributed by atoms with van der Waals surface area (Å²) < 4.78 is 10.2. The van der Waals surface area contributed by atoms with E-state index in [-0.39, 0.29) is 5.69 Å². The van der Waals surface area contributed by atoms with E-state index in [2.05, 4.69) is 9.97 Å². The lowest BCUT2D eigenvalue weighted by Gasteiger charge is -2.08. The number of nitrogens with zero attached hydrogens (tertiary/aromatic N) is 1. The molecule has 0 saturated heterocycles. The zero-order chi connectivity index (χ0) is 20.4. The van der Waals surface area contributed by atoms with E-state index in [0.717, 1.165) is 33.4 Å². The number of hydrogen-bond donors (Lipinski definition) is 1. The van der Waals surface area contributed by atoms with E-state index >= 15 is 0 Å². The van der Waals surface area contributed by atoms with Gasteiger partial charge in [0.15, 0.2) is 0 Å². The van der Waals surface area contributed by atoms with Crippen molar-refractivity contribution in [2.45, 2.75) is 6.42 Å². The van der Waals surface area contributed by atoms with Crippen LogP contribution >= 0.6 is 11.6 Å². The van der Waals surface area contributed by atoms with Gasteiger partial charge in [0.2, 0.25) is 0 Å². The van der Waals surface area contributed by atoms with Crippen molar-refractivity contribution in [1.82, 2.24) is 9.97 Å². The van der Waals surface area contributed by atoms with Gasteiger partial charge in [-0.05, 0) is 35.4 Å². The van der Waals surface area contributed by atoms with Crippen molar-refractivity contribution >= 4 is 28.5 Å². The number of pyridine rings is 1. The molecule has 29 heavy (non-hydrogen) atoms. The quantitative estimate of drug-likeness (QED) is 0.458. The fourth-order valence-electron chi connectivity index (χ4n) is 3.42. The number of ether oxygens (including phenoxy) is 2. The van der Waals surface area contributed by atoms with Gasteiger partial charge in [0, 0.05) is 23.0 Å². The van der Waals surface area contributed by atoms with Crippen molar-refractivity contribution in [1.29, 1.82) is 0 Å². The van der Waals surface area contributed by atoms with E-state index in [1.165, 1.54) is 7.11 Å². The fourth-order valence-corrected chi connectivity index (χ4v) is 3.66. The summed E-state index contributed by atoms with van der Waals surface area (Å²) in [5, 5.41) is 1.54. The van der Waals surface area contributed by atoms with Crippen LogP contribution in [0.25, 0.3) is 22.2 Å². The molecule has 0 aliphatic carbocycles. The molecule has 2 aromatic carbocycles. The molecule has 0 aliphatic rings. The first-order valence-corrected chi connectivity index (χ1v) is 9.46. The average Bonchev–Trinajstić information content (AvgIpc) is 3.10. The molecule has 4 rings (SSSR count). The Morgan fingerprint density at radius 2 is 1.86 bits per heavy atom. The predicted molar refractivity (Wildman–Crippen MR) is 114 cm³/mol. The number of nitrogens with one attached hydrogen (secondary N) is 1. The van der Waals surface area contributed by atoms with Crippen molar-refractivity contribution in [2.75, 3.05) is 14.2 Å². The highest BCUT2D eigenvalue weighted by atomic mass is 35.5. The second-order valence-electron chi connectivity index (χ2n) is 6.56. The maximum atomic E-state index is 11.9. The van der Waals surface area contributed by atoms with E-state index in [0.29, 0.717) is 17.2 Å². The summed E-state index contributed by atoms with van der Waals surface area (Å²) in [5.74, 6) is 0.151. The standard InChI is InChI=1S/C23H19ClN2O3/c1-28-21-12-16-17(11-15-9-6-10-19(25-15)23(27)29-2)22(14-7-4-3-5-8-14)26-20(16)13-18(21)24/h3-10,12-13,26H,11H2,1-2H3. The number of hydrogen-bond acceptors (Lipinski definition) is 4. The van der Waals surface area contributed by atoms with Crippen molar-refractivity contribution in [2.24, 2.45) is 0 Å². The van der Waals surface area contributed by atoms with Crippen molar-refractivity contribution in [3.63, 3.8) is 0 Å². The monoisotopic (exact) mass is 406 g/mol. The van der Waals surface area contributed by atoms with Crippen LogP contribution in [0.15, 0.2) is 60.7 Å². The SMILES string of the molecule is COC(=O)c1cccc(Cc2c(-c3ccccc3)[nH]c3cc(Cl)c(OC)cc23)n1. The third-order valence-corrected chi connectivity index (χ3v) is 5.10. The topological polar surface area (TPSA) is 64.2 Å². The zero-order valence-corrected chi connectivity index (χ0v) is 16.8. The van der Waals surface area contributed by atoms with Gasteiger partial charge < -0.3 is 14.5 Å². The van der Waals surface area contributed by atoms with Crippen LogP contribution in [0.3, 0.4) is 0 Å². The first-order chi connectivity index (χ1) is 14.1. The summed E-state index contributed by atoms with van der Waals surface area (Å²) in [6, 6.07) is 19.2. The van der Waals surface area contributed by atoms with Crippen LogP contribution in [0.1, 0.15) is 21.7 Å². The number of halogens is 1. The molecule has 0 amide bonds. The summed E-state index contributed by atoms with van der Waals surface area (Å²) in [6.45, 7) is 0. The van der Waals surface area contributed by atoms with Crippen LogP contribution in [0.5, 0.6) is 5.75 Å². The molecule has 0 bridgehead atoms. The minimum absolute atomic E-state index is 0.284. The Bertz CT molecular complexity index is 1190. The maximum absolute atomic E-state index is 11.9. The molecule has 0 unspecified atom stereocenters. The maximum Gasteiger partial charge on any atom is 0.356 e. The van der Waals surface area contributed by atoms with Gasteiger partial charge in [-0.1, -0.05) is 48.0 Å². The minimum Gasteiger partial charge on any atom is -0.495 e. The number of methoxy groups -OCH3 is 2. The molecule has 0 radical (unpaired) electrons. The lowest BCUT2D eigenvalue weighted by molar-refractivity contribution is 0.0593. The molecule has 0 atom stereocenters. The molecule has 0 fully saturated rings. The van der Waals surface area contributed by atoms with Crippen LogP contribution in [0.2, 0.25) is 5.02 Å². The Kier molecular flexibility index (Phi) is 5.23. The molecule has 0 saturated carbocycles. The van der Waals surface area contributed by atoms with E-state index in [9.17, 15) is 4.79 Å². The third-order valence-electron chi connectivity index (χ3n) is 4.80. The lowest BCUT2D eigenvalue weighted by Crippen LogP contribution is -2.06. The van der Waals surface area contributed by atoms with Gasteiger partial charge in [-0.15, -0.1) is 0 Å². The molecule has 0 spiro atoms. The number of esters is 1. The minimum atomic E-state index is -0.456. The van der Waals surface area contributed by atoms with Crippen LogP contribution in [0, 0.1) is 0 Å². The number of carbonyl (C=O) groups is 1. The Morgan fingerprint density at radius 3 is 2.59 bits per heavy atom. The van der Waals surface area contributed by atoms with E-state index in [4.69, 9.17) is 21.1 Å². The molecular formula is C23H19ClN2O3. The molecule has 4 aromatic rings. The second-order valence-corrected chi connectivity index (χ2v) is 6.97.